The summed E-state index contributed by atoms with van der Waals surface area (Å²) in [5.74, 6) is -4.31. The summed E-state index contributed by atoms with van der Waals surface area (Å²) in [5.41, 5.74) is 2.05. The average Bonchev–Trinajstić information content (AvgIpc) is 2.80. The van der Waals surface area contributed by atoms with Crippen molar-refractivity contribution in [2.45, 2.75) is 11.8 Å². The minimum absolute atomic E-state index is 0.0821. The summed E-state index contributed by atoms with van der Waals surface area (Å²) < 4.78 is 59.2. The quantitative estimate of drug-likeness (QED) is 0.118. The van der Waals surface area contributed by atoms with Crippen LogP contribution in [0.2, 0.25) is 5.02 Å². The standard InChI is InChI=1S/C23H19ClF2IN3O4S/c1-3-10-34-29-23(31)16-12-19(35(32,33)30-15-7-4-13(2)5-8-15)20(25)21(26)22(16)28-18-9-6-14(27)11-17(18)24/h3-9,11-12,28,30H,1,10H2,2H3,(H,29,31). The zero-order valence-electron chi connectivity index (χ0n) is 18.2. The van der Waals surface area contributed by atoms with E-state index in [0.29, 0.717) is 6.07 Å². The summed E-state index contributed by atoms with van der Waals surface area (Å²) in [6.07, 6.45) is 1.34. The van der Waals surface area contributed by atoms with Gasteiger partial charge in [-0.3, -0.25) is 14.4 Å². The third-order valence-electron chi connectivity index (χ3n) is 4.57. The van der Waals surface area contributed by atoms with E-state index in [1.807, 2.05) is 28.1 Å². The topological polar surface area (TPSA) is 96.5 Å². The number of halogens is 4. The Balaban J connectivity index is 2.11. The fourth-order valence-corrected chi connectivity index (χ4v) is 4.94. The molecule has 0 spiro atoms. The van der Waals surface area contributed by atoms with Crippen LogP contribution in [-0.4, -0.2) is 20.9 Å². The predicted octanol–water partition coefficient (Wildman–Crippen LogP) is 5.92. The van der Waals surface area contributed by atoms with E-state index in [1.54, 1.807) is 31.2 Å². The van der Waals surface area contributed by atoms with Gasteiger partial charge in [0.2, 0.25) is 0 Å². The minimum atomic E-state index is -4.62. The number of carbonyl (C=O) groups is 1. The lowest BCUT2D eigenvalue weighted by atomic mass is 10.1. The lowest BCUT2D eigenvalue weighted by Gasteiger charge is -2.17. The molecular weight excluding hydrogens is 615 g/mol. The van der Waals surface area contributed by atoms with E-state index in [4.69, 9.17) is 16.4 Å². The normalized spacial score (nSPS) is 11.1. The summed E-state index contributed by atoms with van der Waals surface area (Å²) in [5, 5.41) is 2.75. The highest BCUT2D eigenvalue weighted by Crippen LogP contribution is 2.34. The Bertz CT molecular complexity index is 1390. The number of carbonyl (C=O) groups excluding carboxylic acids is 1. The van der Waals surface area contributed by atoms with Crippen LogP contribution in [0.4, 0.5) is 25.8 Å². The summed E-state index contributed by atoms with van der Waals surface area (Å²) in [6.45, 7) is 5.16. The van der Waals surface area contributed by atoms with Crippen molar-refractivity contribution in [3.8, 4) is 0 Å². The maximum atomic E-state index is 15.3. The molecule has 0 unspecified atom stereocenters. The van der Waals surface area contributed by atoms with E-state index < -0.39 is 43.7 Å². The molecule has 0 bridgehead atoms. The number of benzene rings is 3. The third kappa shape index (κ3) is 6.48. The molecule has 3 N–H and O–H groups in total. The molecule has 0 atom stereocenters. The lowest BCUT2D eigenvalue weighted by molar-refractivity contribution is 0.0422. The molecule has 3 rings (SSSR count). The minimum Gasteiger partial charge on any atom is -0.351 e. The molecule has 0 aromatic heterocycles. The van der Waals surface area contributed by atoms with Crippen LogP contribution >= 0.6 is 34.2 Å². The molecule has 0 radical (unpaired) electrons. The van der Waals surface area contributed by atoms with Crippen LogP contribution in [0.25, 0.3) is 0 Å². The Labute approximate surface area is 219 Å². The molecule has 0 saturated heterocycles. The van der Waals surface area contributed by atoms with E-state index >= 15 is 8.78 Å². The van der Waals surface area contributed by atoms with Crippen LogP contribution in [0, 0.1) is 22.1 Å². The molecule has 0 aliphatic carbocycles. The van der Waals surface area contributed by atoms with Crippen LogP contribution in [-0.2, 0) is 14.9 Å². The Morgan fingerprint density at radius 3 is 2.46 bits per heavy atom. The van der Waals surface area contributed by atoms with E-state index in [1.165, 1.54) is 24.3 Å². The molecule has 0 heterocycles. The van der Waals surface area contributed by atoms with Gasteiger partial charge in [-0.15, -0.1) is 6.58 Å². The summed E-state index contributed by atoms with van der Waals surface area (Å²) >= 11 is 8.20. The van der Waals surface area contributed by atoms with Crippen molar-refractivity contribution in [1.29, 1.82) is 0 Å². The van der Waals surface area contributed by atoms with Crippen LogP contribution in [0.15, 0.2) is 66.1 Å². The Morgan fingerprint density at radius 2 is 1.83 bits per heavy atom. The summed E-state index contributed by atoms with van der Waals surface area (Å²) in [4.78, 5) is 16.6. The van der Waals surface area contributed by atoms with E-state index in [2.05, 4.69) is 16.6 Å². The number of nitrogens with one attached hydrogen (secondary N) is 3. The number of rotatable bonds is 9. The van der Waals surface area contributed by atoms with Gasteiger partial charge in [0, 0.05) is 9.26 Å². The largest absolute Gasteiger partial charge is 0.351 e. The molecule has 3 aromatic carbocycles. The fourth-order valence-electron chi connectivity index (χ4n) is 2.88. The Hall–Kier alpha value is -2.74. The molecule has 7 nitrogen and oxygen atoms in total. The van der Waals surface area contributed by atoms with Crippen LogP contribution < -0.4 is 15.5 Å². The van der Waals surface area contributed by atoms with Crippen molar-refractivity contribution < 1.29 is 26.8 Å². The van der Waals surface area contributed by atoms with E-state index in [-0.39, 0.29) is 23.0 Å². The number of anilines is 3. The van der Waals surface area contributed by atoms with Crippen LogP contribution in [0.3, 0.4) is 0 Å². The van der Waals surface area contributed by atoms with Gasteiger partial charge in [-0.05, 0) is 65.9 Å². The van der Waals surface area contributed by atoms with Crippen molar-refractivity contribution in [2.24, 2.45) is 0 Å². The van der Waals surface area contributed by atoms with Gasteiger partial charge in [0.05, 0.1) is 28.6 Å². The zero-order chi connectivity index (χ0) is 25.8. The van der Waals surface area contributed by atoms with Crippen molar-refractivity contribution in [3.05, 3.63) is 92.5 Å². The van der Waals surface area contributed by atoms with Crippen LogP contribution in [0.5, 0.6) is 0 Å². The highest BCUT2D eigenvalue weighted by atomic mass is 127. The molecule has 184 valence electrons. The van der Waals surface area contributed by atoms with Gasteiger partial charge in [0.15, 0.2) is 11.6 Å². The predicted molar refractivity (Wildman–Crippen MR) is 139 cm³/mol. The molecule has 35 heavy (non-hydrogen) atoms. The monoisotopic (exact) mass is 633 g/mol. The molecule has 0 saturated carbocycles. The van der Waals surface area contributed by atoms with Gasteiger partial charge in [-0.25, -0.2) is 22.7 Å². The number of hydrogen-bond donors (Lipinski definition) is 3. The molecule has 0 aliphatic rings. The smallest absolute Gasteiger partial charge is 0.277 e. The average molecular weight is 634 g/mol. The van der Waals surface area contributed by atoms with Crippen molar-refractivity contribution >= 4 is 67.2 Å². The van der Waals surface area contributed by atoms with Gasteiger partial charge in [-0.2, -0.15) is 0 Å². The van der Waals surface area contributed by atoms with Gasteiger partial charge < -0.3 is 5.32 Å². The summed E-state index contributed by atoms with van der Waals surface area (Å²) in [6, 6.07) is 11.6. The van der Waals surface area contributed by atoms with Crippen molar-refractivity contribution in [2.75, 3.05) is 16.6 Å². The van der Waals surface area contributed by atoms with Gasteiger partial charge >= 0.3 is 0 Å². The highest BCUT2D eigenvalue weighted by molar-refractivity contribution is 14.1. The Morgan fingerprint density at radius 1 is 1.14 bits per heavy atom. The summed E-state index contributed by atoms with van der Waals surface area (Å²) in [7, 11) is -4.62. The molecule has 0 aliphatic heterocycles. The maximum absolute atomic E-state index is 15.3. The first kappa shape index (κ1) is 26.9. The molecular formula is C23H19ClF2IN3O4S. The zero-order valence-corrected chi connectivity index (χ0v) is 21.9. The number of aryl methyl sites for hydroxylation is 1. The number of sulfonamides is 1. The number of hydrogen-bond acceptors (Lipinski definition) is 5. The number of amides is 1. The Kier molecular flexibility index (Phi) is 8.70. The van der Waals surface area contributed by atoms with E-state index in [9.17, 15) is 13.2 Å². The molecule has 3 aromatic rings. The molecule has 12 heteroatoms. The maximum Gasteiger partial charge on any atom is 0.277 e. The SMILES string of the molecule is C=CCONC(=O)c1cc(S(=O)(=O)Nc2ccc(C)cc2)c(F)c(F)c1Nc1ccc(I)cc1Cl. The molecule has 1 amide bonds. The number of hydroxylamine groups is 1. The second kappa shape index (κ2) is 11.3. The second-order valence-corrected chi connectivity index (χ2v) is 10.5. The van der Waals surface area contributed by atoms with Crippen molar-refractivity contribution in [1.82, 2.24) is 5.48 Å². The first-order valence-corrected chi connectivity index (χ1v) is 12.8. The second-order valence-electron chi connectivity index (χ2n) is 7.18. The highest BCUT2D eigenvalue weighted by Gasteiger charge is 2.29. The first-order valence-electron chi connectivity index (χ1n) is 9.90. The van der Waals surface area contributed by atoms with E-state index in [0.717, 1.165) is 9.13 Å². The first-order chi connectivity index (χ1) is 16.5. The lowest BCUT2D eigenvalue weighted by Crippen LogP contribution is -2.26. The fraction of sp³-hybridized carbons (Fsp3) is 0.0870. The third-order valence-corrected chi connectivity index (χ3v) is 6.93. The van der Waals surface area contributed by atoms with Gasteiger partial charge in [0.1, 0.15) is 4.90 Å². The van der Waals surface area contributed by atoms with Crippen LogP contribution in [0.1, 0.15) is 15.9 Å². The van der Waals surface area contributed by atoms with Gasteiger partial charge in [0.25, 0.3) is 15.9 Å². The van der Waals surface area contributed by atoms with Crippen molar-refractivity contribution in [3.63, 3.8) is 0 Å². The molecule has 0 fully saturated rings. The van der Waals surface area contributed by atoms with Gasteiger partial charge in [-0.1, -0.05) is 35.4 Å².